The molecular formula is C18H24F2N2O. The number of halogens is 2. The monoisotopic (exact) mass is 322 g/mol. The minimum absolute atomic E-state index is 0.0600. The third kappa shape index (κ3) is 4.28. The summed E-state index contributed by atoms with van der Waals surface area (Å²) in [5.41, 5.74) is 0.469. The van der Waals surface area contributed by atoms with Crippen molar-refractivity contribution in [2.45, 2.75) is 57.0 Å². The number of rotatable bonds is 3. The highest BCUT2D eigenvalue weighted by Gasteiger charge is 2.30. The number of hydrogen-bond donors (Lipinski definition) is 2. The van der Waals surface area contributed by atoms with Crippen LogP contribution >= 0.6 is 0 Å². The molecule has 1 aromatic rings. The van der Waals surface area contributed by atoms with Crippen molar-refractivity contribution >= 4 is 5.91 Å². The molecule has 1 aliphatic heterocycles. The summed E-state index contributed by atoms with van der Waals surface area (Å²) < 4.78 is 26.7. The van der Waals surface area contributed by atoms with Crippen LogP contribution in [0.5, 0.6) is 0 Å². The first-order valence-corrected chi connectivity index (χ1v) is 8.61. The Labute approximate surface area is 135 Å². The molecule has 0 bridgehead atoms. The van der Waals surface area contributed by atoms with Gasteiger partial charge in [-0.25, -0.2) is 8.78 Å². The number of amides is 1. The Balaban J connectivity index is 1.59. The van der Waals surface area contributed by atoms with Gasteiger partial charge in [0, 0.05) is 12.6 Å². The zero-order valence-corrected chi connectivity index (χ0v) is 13.3. The van der Waals surface area contributed by atoms with Crippen LogP contribution in [0.15, 0.2) is 18.2 Å². The van der Waals surface area contributed by atoms with Crippen LogP contribution in [0.4, 0.5) is 8.78 Å². The predicted octanol–water partition coefficient (Wildman–Crippen LogP) is 3.45. The second-order valence-corrected chi connectivity index (χ2v) is 6.82. The Morgan fingerprint density at radius 3 is 2.26 bits per heavy atom. The molecule has 2 fully saturated rings. The van der Waals surface area contributed by atoms with E-state index in [0.717, 1.165) is 12.5 Å². The van der Waals surface area contributed by atoms with Crippen LogP contribution < -0.4 is 10.6 Å². The fourth-order valence-corrected chi connectivity index (χ4v) is 3.78. The molecule has 2 aliphatic rings. The van der Waals surface area contributed by atoms with Gasteiger partial charge in [0.2, 0.25) is 5.91 Å². The number of benzene rings is 1. The highest BCUT2D eigenvalue weighted by atomic mass is 19.1. The molecule has 1 unspecified atom stereocenters. The van der Waals surface area contributed by atoms with Gasteiger partial charge in [-0.15, -0.1) is 0 Å². The lowest BCUT2D eigenvalue weighted by atomic mass is 9.90. The van der Waals surface area contributed by atoms with Crippen LogP contribution in [0.2, 0.25) is 0 Å². The molecule has 1 heterocycles. The molecule has 1 aromatic carbocycles. The minimum atomic E-state index is -0.616. The van der Waals surface area contributed by atoms with Gasteiger partial charge in [-0.1, -0.05) is 38.5 Å². The molecule has 3 nitrogen and oxygen atoms in total. The molecule has 126 valence electrons. The highest BCUT2D eigenvalue weighted by molar-refractivity contribution is 5.83. The summed E-state index contributed by atoms with van der Waals surface area (Å²) in [6, 6.07) is 2.84. The summed E-state index contributed by atoms with van der Waals surface area (Å²) in [5, 5.41) is 6.17. The molecule has 3 rings (SSSR count). The van der Waals surface area contributed by atoms with E-state index in [4.69, 9.17) is 0 Å². The first kappa shape index (κ1) is 16.4. The minimum Gasteiger partial charge on any atom is -0.347 e. The Bertz CT molecular complexity index is 536. The predicted molar refractivity (Wildman–Crippen MR) is 84.8 cm³/mol. The van der Waals surface area contributed by atoms with Crippen molar-refractivity contribution in [2.75, 3.05) is 6.54 Å². The van der Waals surface area contributed by atoms with Gasteiger partial charge in [0.1, 0.15) is 11.6 Å². The number of nitrogens with one attached hydrogen (secondary N) is 2. The normalized spacial score (nSPS) is 26.6. The van der Waals surface area contributed by atoms with Gasteiger partial charge < -0.3 is 10.6 Å². The summed E-state index contributed by atoms with van der Waals surface area (Å²) in [5.74, 6) is -0.691. The maximum atomic E-state index is 13.3. The second-order valence-electron chi connectivity index (χ2n) is 6.82. The van der Waals surface area contributed by atoms with Crippen LogP contribution in [0.3, 0.4) is 0 Å². The lowest BCUT2D eigenvalue weighted by molar-refractivity contribution is -0.126. The maximum absolute atomic E-state index is 13.3. The van der Waals surface area contributed by atoms with Gasteiger partial charge in [-0.05, 0) is 30.0 Å². The summed E-state index contributed by atoms with van der Waals surface area (Å²) in [6.45, 7) is 0.506. The molecule has 2 atom stereocenters. The maximum Gasteiger partial charge on any atom is 0.237 e. The molecule has 0 spiro atoms. The third-order valence-electron chi connectivity index (χ3n) is 5.03. The number of hydrogen-bond acceptors (Lipinski definition) is 2. The van der Waals surface area contributed by atoms with Gasteiger partial charge in [-0.3, -0.25) is 4.79 Å². The van der Waals surface area contributed by atoms with E-state index in [0.29, 0.717) is 18.0 Å². The lowest BCUT2D eigenvalue weighted by Gasteiger charge is -2.32. The van der Waals surface area contributed by atoms with Crippen LogP contribution in [0, 0.1) is 17.6 Å². The van der Waals surface area contributed by atoms with Crippen LogP contribution in [0.25, 0.3) is 0 Å². The largest absolute Gasteiger partial charge is 0.347 e. The summed E-state index contributed by atoms with van der Waals surface area (Å²) >= 11 is 0. The van der Waals surface area contributed by atoms with Crippen molar-refractivity contribution in [2.24, 2.45) is 5.92 Å². The number of carbonyl (C=O) groups is 1. The molecular weight excluding hydrogens is 298 g/mol. The van der Waals surface area contributed by atoms with E-state index in [2.05, 4.69) is 10.6 Å². The van der Waals surface area contributed by atoms with Gasteiger partial charge in [0.05, 0.1) is 12.1 Å². The molecule has 1 saturated carbocycles. The average Bonchev–Trinajstić information content (AvgIpc) is 2.77. The quantitative estimate of drug-likeness (QED) is 0.837. The standard InChI is InChI=1S/C18H24F2N2O/c19-14-8-13(9-15(20)10-14)17-11-21-16(18(23)22-17)7-12-5-3-1-2-4-6-12/h8-10,12,16-17,21H,1-7,11H2,(H,22,23)/t16-,17?/m1/s1. The number of carbonyl (C=O) groups excluding carboxylic acids is 1. The van der Waals surface area contributed by atoms with E-state index in [-0.39, 0.29) is 18.0 Å². The Kier molecular flexibility index (Phi) is 5.26. The second kappa shape index (κ2) is 7.39. The molecule has 0 aromatic heterocycles. The van der Waals surface area contributed by atoms with Gasteiger partial charge in [-0.2, -0.15) is 0 Å². The molecule has 1 amide bonds. The Morgan fingerprint density at radius 1 is 1.00 bits per heavy atom. The Hall–Kier alpha value is -1.49. The van der Waals surface area contributed by atoms with Crippen molar-refractivity contribution in [3.05, 3.63) is 35.4 Å². The molecule has 0 radical (unpaired) electrons. The van der Waals surface area contributed by atoms with E-state index < -0.39 is 11.6 Å². The molecule has 2 N–H and O–H groups in total. The fraction of sp³-hybridized carbons (Fsp3) is 0.611. The van der Waals surface area contributed by atoms with E-state index in [1.165, 1.54) is 50.7 Å². The topological polar surface area (TPSA) is 41.1 Å². The van der Waals surface area contributed by atoms with E-state index >= 15 is 0 Å². The van der Waals surface area contributed by atoms with E-state index in [1.54, 1.807) is 0 Å². The lowest BCUT2D eigenvalue weighted by Crippen LogP contribution is -2.54. The molecule has 5 heteroatoms. The number of piperazine rings is 1. The van der Waals surface area contributed by atoms with Gasteiger partial charge in [0.15, 0.2) is 0 Å². The molecule has 23 heavy (non-hydrogen) atoms. The van der Waals surface area contributed by atoms with Crippen molar-refractivity contribution in [1.82, 2.24) is 10.6 Å². The van der Waals surface area contributed by atoms with E-state index in [1.807, 2.05) is 0 Å². The Morgan fingerprint density at radius 2 is 1.65 bits per heavy atom. The van der Waals surface area contributed by atoms with Gasteiger partial charge >= 0.3 is 0 Å². The fourth-order valence-electron chi connectivity index (χ4n) is 3.78. The molecule has 1 saturated heterocycles. The first-order chi connectivity index (χ1) is 11.1. The van der Waals surface area contributed by atoms with Crippen molar-refractivity contribution in [1.29, 1.82) is 0 Å². The summed E-state index contributed by atoms with van der Waals surface area (Å²) in [4.78, 5) is 12.3. The highest BCUT2D eigenvalue weighted by Crippen LogP contribution is 2.28. The average molecular weight is 322 g/mol. The molecule has 1 aliphatic carbocycles. The zero-order valence-electron chi connectivity index (χ0n) is 13.3. The van der Waals surface area contributed by atoms with Crippen molar-refractivity contribution in [3.63, 3.8) is 0 Å². The summed E-state index contributed by atoms with van der Waals surface area (Å²) in [6.07, 6.45) is 8.36. The van der Waals surface area contributed by atoms with Crippen molar-refractivity contribution in [3.8, 4) is 0 Å². The van der Waals surface area contributed by atoms with Crippen molar-refractivity contribution < 1.29 is 13.6 Å². The van der Waals surface area contributed by atoms with Gasteiger partial charge in [0.25, 0.3) is 0 Å². The first-order valence-electron chi connectivity index (χ1n) is 8.61. The van der Waals surface area contributed by atoms with Crippen LogP contribution in [-0.4, -0.2) is 18.5 Å². The zero-order chi connectivity index (χ0) is 16.2. The summed E-state index contributed by atoms with van der Waals surface area (Å²) in [7, 11) is 0. The van der Waals surface area contributed by atoms with E-state index in [9.17, 15) is 13.6 Å². The smallest absolute Gasteiger partial charge is 0.237 e. The van der Waals surface area contributed by atoms with Crippen LogP contribution in [0.1, 0.15) is 56.6 Å². The van der Waals surface area contributed by atoms with Crippen LogP contribution in [-0.2, 0) is 4.79 Å². The third-order valence-corrected chi connectivity index (χ3v) is 5.03. The SMILES string of the molecule is O=C1NC(c2cc(F)cc(F)c2)CN[C@@H]1CC1CCCCCC1.